The molecule has 120 valence electrons. The van der Waals surface area contributed by atoms with E-state index in [1.165, 1.54) is 12.8 Å². The Morgan fingerprint density at radius 2 is 1.25 bits per heavy atom. The van der Waals surface area contributed by atoms with Gasteiger partial charge in [-0.1, -0.05) is 58.3 Å². The van der Waals surface area contributed by atoms with E-state index in [0.717, 1.165) is 44.9 Å². The van der Waals surface area contributed by atoms with Gasteiger partial charge in [-0.2, -0.15) is 0 Å². The van der Waals surface area contributed by atoms with Gasteiger partial charge in [-0.3, -0.25) is 4.79 Å². The fourth-order valence-electron chi connectivity index (χ4n) is 2.33. The number of hydrogen-bond acceptors (Lipinski definition) is 3. The number of aliphatic hydroxyl groups excluding tert-OH is 2. The molecular weight excluding hydrogens is 256 g/mol. The van der Waals surface area contributed by atoms with Crippen molar-refractivity contribution in [2.24, 2.45) is 0 Å². The lowest BCUT2D eigenvalue weighted by Gasteiger charge is -2.17. The van der Waals surface area contributed by atoms with Crippen molar-refractivity contribution in [2.45, 2.75) is 96.2 Å². The zero-order valence-electron chi connectivity index (χ0n) is 12.9. The number of carboxylic acid groups (broad SMARTS) is 1. The summed E-state index contributed by atoms with van der Waals surface area (Å²) in [6.45, 7) is 2.15. The minimum absolute atomic E-state index is 0.249. The van der Waals surface area contributed by atoms with E-state index in [9.17, 15) is 15.0 Å². The molecule has 0 aromatic rings. The highest BCUT2D eigenvalue weighted by Crippen LogP contribution is 2.14. The molecule has 0 bridgehead atoms. The average Bonchev–Trinajstić information content (AvgIpc) is 2.41. The third-order valence-electron chi connectivity index (χ3n) is 3.69. The first-order chi connectivity index (χ1) is 9.57. The van der Waals surface area contributed by atoms with Crippen LogP contribution >= 0.6 is 0 Å². The van der Waals surface area contributed by atoms with E-state index in [1.807, 2.05) is 0 Å². The maximum atomic E-state index is 10.3. The lowest BCUT2D eigenvalue weighted by molar-refractivity contribution is -0.137. The van der Waals surface area contributed by atoms with Crippen molar-refractivity contribution in [3.63, 3.8) is 0 Å². The molecule has 0 saturated heterocycles. The van der Waals surface area contributed by atoms with Crippen molar-refractivity contribution in [3.8, 4) is 0 Å². The van der Waals surface area contributed by atoms with E-state index >= 15 is 0 Å². The third kappa shape index (κ3) is 12.4. The molecule has 1 unspecified atom stereocenters. The van der Waals surface area contributed by atoms with Crippen LogP contribution in [0, 0.1) is 0 Å². The van der Waals surface area contributed by atoms with E-state index in [1.54, 1.807) is 0 Å². The van der Waals surface area contributed by atoms with Gasteiger partial charge in [0.1, 0.15) is 0 Å². The molecule has 4 heteroatoms. The Hall–Kier alpha value is -0.610. The van der Waals surface area contributed by atoms with Crippen molar-refractivity contribution in [1.29, 1.82) is 0 Å². The Morgan fingerprint density at radius 3 is 1.75 bits per heavy atom. The summed E-state index contributed by atoms with van der Waals surface area (Å²) in [5.74, 6) is -0.730. The summed E-state index contributed by atoms with van der Waals surface area (Å²) in [4.78, 5) is 10.3. The number of hydrogen-bond donors (Lipinski definition) is 3. The van der Waals surface area contributed by atoms with Gasteiger partial charge in [-0.25, -0.2) is 0 Å². The van der Waals surface area contributed by atoms with Crippen LogP contribution in [0.3, 0.4) is 0 Å². The fraction of sp³-hybridized carbons (Fsp3) is 0.938. The SMILES string of the molecule is CCCCCCC(O)[C@H](O)CCCCCCCC(=O)O. The fourth-order valence-corrected chi connectivity index (χ4v) is 2.33. The van der Waals surface area contributed by atoms with Gasteiger partial charge < -0.3 is 15.3 Å². The van der Waals surface area contributed by atoms with Crippen molar-refractivity contribution in [2.75, 3.05) is 0 Å². The minimum atomic E-state index is -0.730. The van der Waals surface area contributed by atoms with Crippen LogP contribution in [0.1, 0.15) is 84.0 Å². The van der Waals surface area contributed by atoms with Gasteiger partial charge in [0.25, 0.3) is 0 Å². The van der Waals surface area contributed by atoms with Crippen LogP contribution in [0.5, 0.6) is 0 Å². The van der Waals surface area contributed by atoms with Gasteiger partial charge in [0.15, 0.2) is 0 Å². The third-order valence-corrected chi connectivity index (χ3v) is 3.69. The number of aliphatic carboxylic acids is 1. The summed E-state index contributed by atoms with van der Waals surface area (Å²) in [7, 11) is 0. The summed E-state index contributed by atoms with van der Waals surface area (Å²) >= 11 is 0. The molecule has 0 aliphatic heterocycles. The molecule has 0 spiro atoms. The number of carboxylic acids is 1. The van der Waals surface area contributed by atoms with Gasteiger partial charge in [-0.05, 0) is 19.3 Å². The van der Waals surface area contributed by atoms with Crippen LogP contribution < -0.4 is 0 Å². The first-order valence-corrected chi connectivity index (χ1v) is 8.15. The van der Waals surface area contributed by atoms with Crippen molar-refractivity contribution in [1.82, 2.24) is 0 Å². The number of rotatable bonds is 14. The molecule has 0 heterocycles. The number of unbranched alkanes of at least 4 members (excludes halogenated alkanes) is 7. The van der Waals surface area contributed by atoms with Crippen molar-refractivity contribution < 1.29 is 20.1 Å². The highest BCUT2D eigenvalue weighted by molar-refractivity contribution is 5.66. The van der Waals surface area contributed by atoms with Gasteiger partial charge in [-0.15, -0.1) is 0 Å². The van der Waals surface area contributed by atoms with Crippen LogP contribution in [-0.4, -0.2) is 33.5 Å². The quantitative estimate of drug-likeness (QED) is 0.428. The molecule has 2 atom stereocenters. The van der Waals surface area contributed by atoms with Crippen LogP contribution in [-0.2, 0) is 4.79 Å². The molecule has 0 saturated carbocycles. The average molecular weight is 288 g/mol. The Labute approximate surface area is 123 Å². The molecule has 0 aromatic carbocycles. The first kappa shape index (κ1) is 19.4. The molecule has 0 radical (unpaired) electrons. The van der Waals surface area contributed by atoms with Crippen LogP contribution in [0.4, 0.5) is 0 Å². The molecule has 0 rings (SSSR count). The van der Waals surface area contributed by atoms with Crippen LogP contribution in [0.25, 0.3) is 0 Å². The Bertz CT molecular complexity index is 231. The summed E-state index contributed by atoms with van der Waals surface area (Å²) in [5.41, 5.74) is 0. The maximum Gasteiger partial charge on any atom is 0.303 e. The van der Waals surface area contributed by atoms with Gasteiger partial charge in [0, 0.05) is 6.42 Å². The van der Waals surface area contributed by atoms with Crippen LogP contribution in [0.2, 0.25) is 0 Å². The lowest BCUT2D eigenvalue weighted by atomic mass is 10.00. The van der Waals surface area contributed by atoms with Gasteiger partial charge in [0.2, 0.25) is 0 Å². The highest BCUT2D eigenvalue weighted by atomic mass is 16.4. The minimum Gasteiger partial charge on any atom is -0.481 e. The van der Waals surface area contributed by atoms with E-state index in [-0.39, 0.29) is 6.42 Å². The van der Waals surface area contributed by atoms with Crippen molar-refractivity contribution in [3.05, 3.63) is 0 Å². The smallest absolute Gasteiger partial charge is 0.303 e. The molecule has 4 nitrogen and oxygen atoms in total. The monoisotopic (exact) mass is 288 g/mol. The summed E-state index contributed by atoms with van der Waals surface area (Å²) in [5, 5.41) is 28.1. The summed E-state index contributed by atoms with van der Waals surface area (Å²) in [6, 6.07) is 0. The molecule has 0 fully saturated rings. The highest BCUT2D eigenvalue weighted by Gasteiger charge is 2.14. The second kappa shape index (κ2) is 13.4. The van der Waals surface area contributed by atoms with E-state index in [0.29, 0.717) is 12.8 Å². The second-order valence-corrected chi connectivity index (χ2v) is 5.68. The Balaban J connectivity index is 3.38. The normalized spacial score (nSPS) is 14.2. The second-order valence-electron chi connectivity index (χ2n) is 5.68. The van der Waals surface area contributed by atoms with E-state index in [2.05, 4.69) is 6.92 Å². The Kier molecular flexibility index (Phi) is 13.0. The molecule has 0 amide bonds. The lowest BCUT2D eigenvalue weighted by Crippen LogP contribution is -2.25. The molecular formula is C16H32O4. The molecule has 0 aromatic heterocycles. The zero-order chi connectivity index (χ0) is 15.2. The molecule has 3 N–H and O–H groups in total. The summed E-state index contributed by atoms with van der Waals surface area (Å²) < 4.78 is 0. The van der Waals surface area contributed by atoms with Crippen LogP contribution in [0.15, 0.2) is 0 Å². The molecule has 0 aliphatic rings. The maximum absolute atomic E-state index is 10.3. The number of carbonyl (C=O) groups is 1. The molecule has 0 aliphatic carbocycles. The topological polar surface area (TPSA) is 77.8 Å². The van der Waals surface area contributed by atoms with Gasteiger partial charge >= 0.3 is 5.97 Å². The predicted octanol–water partition coefficient (Wildman–Crippen LogP) is 3.49. The Morgan fingerprint density at radius 1 is 0.800 bits per heavy atom. The van der Waals surface area contributed by atoms with E-state index < -0.39 is 18.2 Å². The van der Waals surface area contributed by atoms with Crippen molar-refractivity contribution >= 4 is 5.97 Å². The standard InChI is InChI=1S/C16H32O4/c1-2-3-4-8-11-14(17)15(18)12-9-6-5-7-10-13-16(19)20/h14-15,17-18H,2-13H2,1H3,(H,19,20)/t14?,15-/m1/s1. The number of aliphatic hydroxyl groups is 2. The summed E-state index contributed by atoms with van der Waals surface area (Å²) in [6.07, 6.45) is 9.47. The largest absolute Gasteiger partial charge is 0.481 e. The zero-order valence-corrected chi connectivity index (χ0v) is 12.9. The predicted molar refractivity (Wildman–Crippen MR) is 80.7 cm³/mol. The van der Waals surface area contributed by atoms with E-state index in [4.69, 9.17) is 5.11 Å². The first-order valence-electron chi connectivity index (χ1n) is 8.15. The van der Waals surface area contributed by atoms with Gasteiger partial charge in [0.05, 0.1) is 12.2 Å². The molecule has 20 heavy (non-hydrogen) atoms.